The van der Waals surface area contributed by atoms with Gasteiger partial charge in [-0.05, 0) is 29.5 Å². The molecule has 0 saturated heterocycles. The monoisotopic (exact) mass is 750 g/mol. The number of amides is 5. The Hall–Kier alpha value is -6.26. The number of aromatic nitrogens is 1. The van der Waals surface area contributed by atoms with Crippen LogP contribution in [0, 0.1) is 5.92 Å². The first-order valence-corrected chi connectivity index (χ1v) is 17.3. The summed E-state index contributed by atoms with van der Waals surface area (Å²) >= 11 is 0. The van der Waals surface area contributed by atoms with E-state index in [0.29, 0.717) is 17.5 Å². The van der Waals surface area contributed by atoms with Gasteiger partial charge in [0.15, 0.2) is 0 Å². The summed E-state index contributed by atoms with van der Waals surface area (Å²) in [7, 11) is 0. The van der Waals surface area contributed by atoms with Gasteiger partial charge in [-0.1, -0.05) is 68.8 Å². The fraction of sp³-hybridized carbons (Fsp3) is 0.405. The van der Waals surface area contributed by atoms with Gasteiger partial charge in [0.1, 0.15) is 30.2 Å². The van der Waals surface area contributed by atoms with E-state index in [4.69, 9.17) is 0 Å². The molecule has 54 heavy (non-hydrogen) atoms. The Morgan fingerprint density at radius 2 is 1.26 bits per heavy atom. The van der Waals surface area contributed by atoms with E-state index in [1.807, 2.05) is 12.1 Å². The third-order valence-corrected chi connectivity index (χ3v) is 8.77. The van der Waals surface area contributed by atoms with E-state index < -0.39 is 103 Å². The molecule has 0 radical (unpaired) electrons. The Balaban J connectivity index is 1.80. The molecule has 0 spiro atoms. The van der Waals surface area contributed by atoms with Crippen molar-refractivity contribution in [2.45, 2.75) is 89.5 Å². The van der Waals surface area contributed by atoms with E-state index in [0.717, 1.165) is 10.9 Å². The molecule has 0 aliphatic rings. The second kappa shape index (κ2) is 20.1. The molecule has 5 amide bonds. The molecule has 3 rings (SSSR count). The third kappa shape index (κ3) is 12.8. The SMILES string of the molecule is CC[C@H](C)[C@H](NC(=O)[C@H](CC(=O)O)NC(=O)[C@H](CCC(=O)O)NC(=O)[C@@H](Cc1ccccc1)NC(C)=O)C(=O)N[C@@H](Cc1c[nH]c2ccccc12)C(=O)O. The summed E-state index contributed by atoms with van der Waals surface area (Å²) in [5.74, 6) is -9.19. The zero-order valence-electron chi connectivity index (χ0n) is 30.1. The minimum atomic E-state index is -1.81. The van der Waals surface area contributed by atoms with Crippen LogP contribution in [0.1, 0.15) is 57.6 Å². The molecular weight excluding hydrogens is 704 g/mol. The standard InChI is InChI=1S/C37H46N6O11/c1-4-20(2)32(36(52)42-29(37(53)54)17-23-19-38-25-13-9-8-12-24(23)25)43-35(51)28(18-31(47)48)41-33(49)26(14-15-30(45)46)40-34(50)27(39-21(3)44)16-22-10-6-5-7-11-22/h5-13,19-20,26-29,32,38H,4,14-18H2,1-3H3,(H,39,44)(H,40,50)(H,41,49)(H,42,52)(H,43,51)(H,45,46)(H,47,48)(H,53,54)/t20-,26-,27+,28-,29-,32-/m0/s1. The number of rotatable bonds is 21. The Bertz CT molecular complexity index is 1830. The molecule has 0 fully saturated rings. The van der Waals surface area contributed by atoms with Crippen LogP contribution in [0.5, 0.6) is 0 Å². The molecule has 9 N–H and O–H groups in total. The number of carboxylic acids is 3. The van der Waals surface area contributed by atoms with Crippen LogP contribution in [-0.4, -0.2) is 98.0 Å². The average Bonchev–Trinajstić information content (AvgIpc) is 3.53. The summed E-state index contributed by atoms with van der Waals surface area (Å²) in [6.07, 6.45) is -0.137. The number of benzene rings is 2. The molecular formula is C37H46N6O11. The third-order valence-electron chi connectivity index (χ3n) is 8.77. The van der Waals surface area contributed by atoms with Gasteiger partial charge in [0, 0.05) is 43.3 Å². The number of carbonyl (C=O) groups is 8. The van der Waals surface area contributed by atoms with Crippen molar-refractivity contribution in [1.29, 1.82) is 0 Å². The van der Waals surface area contributed by atoms with Crippen molar-refractivity contribution in [2.24, 2.45) is 5.92 Å². The smallest absolute Gasteiger partial charge is 0.326 e. The first kappa shape index (κ1) is 42.2. The maximum atomic E-state index is 13.6. The Morgan fingerprint density at radius 3 is 1.87 bits per heavy atom. The highest BCUT2D eigenvalue weighted by atomic mass is 16.4. The first-order valence-electron chi connectivity index (χ1n) is 17.3. The maximum Gasteiger partial charge on any atom is 0.326 e. The molecule has 0 aliphatic carbocycles. The zero-order valence-corrected chi connectivity index (χ0v) is 30.1. The number of carbonyl (C=O) groups excluding carboxylic acids is 5. The van der Waals surface area contributed by atoms with Crippen molar-refractivity contribution in [1.82, 2.24) is 31.6 Å². The van der Waals surface area contributed by atoms with Crippen LogP contribution in [0.3, 0.4) is 0 Å². The number of aromatic amines is 1. The first-order chi connectivity index (χ1) is 25.6. The van der Waals surface area contributed by atoms with E-state index >= 15 is 0 Å². The quantitative estimate of drug-likeness (QED) is 0.0737. The lowest BCUT2D eigenvalue weighted by atomic mass is 9.96. The number of hydrogen-bond donors (Lipinski definition) is 9. The molecule has 1 heterocycles. The van der Waals surface area contributed by atoms with Crippen LogP contribution >= 0.6 is 0 Å². The van der Waals surface area contributed by atoms with Crippen molar-refractivity contribution < 1.29 is 53.7 Å². The van der Waals surface area contributed by atoms with E-state index in [9.17, 15) is 53.7 Å². The van der Waals surface area contributed by atoms with E-state index in [1.54, 1.807) is 62.5 Å². The van der Waals surface area contributed by atoms with Crippen LogP contribution in [0.4, 0.5) is 0 Å². The molecule has 290 valence electrons. The summed E-state index contributed by atoms with van der Waals surface area (Å²) in [4.78, 5) is 105. The van der Waals surface area contributed by atoms with Gasteiger partial charge in [-0.25, -0.2) is 4.79 Å². The van der Waals surface area contributed by atoms with E-state index in [2.05, 4.69) is 31.6 Å². The van der Waals surface area contributed by atoms with Crippen molar-refractivity contribution in [3.63, 3.8) is 0 Å². The molecule has 2 aromatic carbocycles. The zero-order chi connectivity index (χ0) is 39.9. The minimum absolute atomic E-state index is 0.0210. The van der Waals surface area contributed by atoms with Gasteiger partial charge in [0.2, 0.25) is 29.5 Å². The summed E-state index contributed by atoms with van der Waals surface area (Å²) in [5, 5.41) is 41.7. The molecule has 17 nitrogen and oxygen atoms in total. The molecule has 1 aromatic heterocycles. The number of nitrogens with one attached hydrogen (secondary N) is 6. The average molecular weight is 751 g/mol. The number of hydrogen-bond acceptors (Lipinski definition) is 8. The predicted octanol–water partition coefficient (Wildman–Crippen LogP) is 0.867. The number of para-hydroxylation sites is 1. The molecule has 6 atom stereocenters. The van der Waals surface area contributed by atoms with Gasteiger partial charge in [-0.15, -0.1) is 0 Å². The van der Waals surface area contributed by atoms with Gasteiger partial charge in [-0.2, -0.15) is 0 Å². The highest BCUT2D eigenvalue weighted by molar-refractivity contribution is 5.97. The van der Waals surface area contributed by atoms with Crippen LogP contribution in [-0.2, 0) is 51.2 Å². The van der Waals surface area contributed by atoms with Gasteiger partial charge < -0.3 is 46.9 Å². The number of fused-ring (bicyclic) bond motifs is 1. The van der Waals surface area contributed by atoms with Crippen molar-refractivity contribution in [2.75, 3.05) is 0 Å². The van der Waals surface area contributed by atoms with Crippen LogP contribution < -0.4 is 26.6 Å². The second-order valence-electron chi connectivity index (χ2n) is 12.9. The minimum Gasteiger partial charge on any atom is -0.481 e. The Morgan fingerprint density at radius 1 is 0.667 bits per heavy atom. The van der Waals surface area contributed by atoms with Crippen molar-refractivity contribution in [3.8, 4) is 0 Å². The number of carboxylic acid groups (broad SMARTS) is 3. The van der Waals surface area contributed by atoms with E-state index in [-0.39, 0.29) is 12.8 Å². The molecule has 3 aromatic rings. The van der Waals surface area contributed by atoms with E-state index in [1.165, 1.54) is 6.92 Å². The second-order valence-corrected chi connectivity index (χ2v) is 12.9. The highest BCUT2D eigenvalue weighted by Crippen LogP contribution is 2.20. The van der Waals surface area contributed by atoms with Gasteiger partial charge in [-0.3, -0.25) is 33.6 Å². The van der Waals surface area contributed by atoms with Crippen molar-refractivity contribution in [3.05, 3.63) is 71.9 Å². The molecule has 0 bridgehead atoms. The summed E-state index contributed by atoms with van der Waals surface area (Å²) in [6.45, 7) is 4.52. The van der Waals surface area contributed by atoms with Crippen LogP contribution in [0.15, 0.2) is 60.8 Å². The fourth-order valence-electron chi connectivity index (χ4n) is 5.71. The fourth-order valence-corrected chi connectivity index (χ4v) is 5.71. The Kier molecular flexibility index (Phi) is 15.7. The molecule has 0 unspecified atom stereocenters. The maximum absolute atomic E-state index is 13.6. The van der Waals surface area contributed by atoms with Crippen LogP contribution in [0.2, 0.25) is 0 Å². The topological polar surface area (TPSA) is 273 Å². The number of aliphatic carboxylic acids is 3. The van der Waals surface area contributed by atoms with Crippen molar-refractivity contribution >= 4 is 58.3 Å². The molecule has 0 saturated carbocycles. The lowest BCUT2D eigenvalue weighted by Gasteiger charge is -2.28. The highest BCUT2D eigenvalue weighted by Gasteiger charge is 2.35. The number of H-pyrrole nitrogens is 1. The lowest BCUT2D eigenvalue weighted by Crippen LogP contribution is -2.60. The van der Waals surface area contributed by atoms with Gasteiger partial charge in [0.05, 0.1) is 6.42 Å². The Labute approximate surface area is 310 Å². The predicted molar refractivity (Wildman–Crippen MR) is 194 cm³/mol. The summed E-state index contributed by atoms with van der Waals surface area (Å²) in [6, 6.07) is 8.48. The largest absolute Gasteiger partial charge is 0.481 e. The molecule has 0 aliphatic heterocycles. The van der Waals surface area contributed by atoms with Crippen LogP contribution in [0.25, 0.3) is 10.9 Å². The normalized spacial score (nSPS) is 14.3. The summed E-state index contributed by atoms with van der Waals surface area (Å²) in [5.41, 5.74) is 2.06. The van der Waals surface area contributed by atoms with Gasteiger partial charge in [0.25, 0.3) is 0 Å². The van der Waals surface area contributed by atoms with Gasteiger partial charge >= 0.3 is 17.9 Å². The summed E-state index contributed by atoms with van der Waals surface area (Å²) < 4.78 is 0. The molecule has 17 heteroatoms. The lowest BCUT2D eigenvalue weighted by molar-refractivity contribution is -0.143.